The number of phenols is 2. The molecule has 3 N–H and O–H groups in total. The molecule has 102 valence electrons. The van der Waals surface area contributed by atoms with Crippen molar-refractivity contribution in [2.75, 3.05) is 0 Å². The van der Waals surface area contributed by atoms with Gasteiger partial charge in [0.2, 0.25) is 0 Å². The molecule has 0 bridgehead atoms. The van der Waals surface area contributed by atoms with Crippen LogP contribution >= 0.6 is 0 Å². The van der Waals surface area contributed by atoms with Gasteiger partial charge in [-0.1, -0.05) is 19.3 Å². The van der Waals surface area contributed by atoms with Crippen molar-refractivity contribution in [3.05, 3.63) is 23.8 Å². The standard InChI is InChI=1S/C14H18N2O3/c17-11-6-7-12(13(18)8-11)14(19)16-15-9-10-4-2-1-3-5-10/h6-10,17-18H,1-5H2,(H,16,19)/b15-9-. The van der Waals surface area contributed by atoms with Crippen molar-refractivity contribution in [1.82, 2.24) is 5.43 Å². The number of benzene rings is 1. The third-order valence-corrected chi connectivity index (χ3v) is 3.33. The largest absolute Gasteiger partial charge is 0.508 e. The van der Waals surface area contributed by atoms with Crippen LogP contribution in [0.3, 0.4) is 0 Å². The van der Waals surface area contributed by atoms with Crippen LogP contribution in [0.1, 0.15) is 42.5 Å². The Morgan fingerprint density at radius 3 is 2.68 bits per heavy atom. The van der Waals surface area contributed by atoms with E-state index in [2.05, 4.69) is 10.5 Å². The number of carbonyl (C=O) groups excluding carboxylic acids is 1. The number of hydrogen-bond donors (Lipinski definition) is 3. The van der Waals surface area contributed by atoms with Crippen LogP contribution in [0.25, 0.3) is 0 Å². The molecule has 1 amide bonds. The predicted molar refractivity (Wildman–Crippen MR) is 72.3 cm³/mol. The summed E-state index contributed by atoms with van der Waals surface area (Å²) in [4.78, 5) is 11.8. The summed E-state index contributed by atoms with van der Waals surface area (Å²) in [7, 11) is 0. The van der Waals surface area contributed by atoms with Crippen molar-refractivity contribution in [1.29, 1.82) is 0 Å². The highest BCUT2D eigenvalue weighted by atomic mass is 16.3. The van der Waals surface area contributed by atoms with Gasteiger partial charge in [0.15, 0.2) is 0 Å². The van der Waals surface area contributed by atoms with Crippen LogP contribution in [0.2, 0.25) is 0 Å². The smallest absolute Gasteiger partial charge is 0.275 e. The molecule has 19 heavy (non-hydrogen) atoms. The van der Waals surface area contributed by atoms with E-state index in [4.69, 9.17) is 5.11 Å². The number of rotatable bonds is 3. The molecule has 5 nitrogen and oxygen atoms in total. The van der Waals surface area contributed by atoms with E-state index in [1.165, 1.54) is 31.4 Å². The minimum atomic E-state index is -0.482. The van der Waals surface area contributed by atoms with Gasteiger partial charge in [-0.25, -0.2) is 5.43 Å². The van der Waals surface area contributed by atoms with Crippen molar-refractivity contribution in [3.63, 3.8) is 0 Å². The van der Waals surface area contributed by atoms with Crippen molar-refractivity contribution in [2.24, 2.45) is 11.0 Å². The SMILES string of the molecule is O=C(N/N=C\C1CCCCC1)c1ccc(O)cc1O. The van der Waals surface area contributed by atoms with Crippen molar-refractivity contribution >= 4 is 12.1 Å². The molecule has 1 aliphatic carbocycles. The van der Waals surface area contributed by atoms with Crippen LogP contribution in [0.5, 0.6) is 11.5 Å². The van der Waals surface area contributed by atoms with Crippen LogP contribution in [0, 0.1) is 5.92 Å². The molecule has 0 spiro atoms. The van der Waals surface area contributed by atoms with Gasteiger partial charge in [0, 0.05) is 12.3 Å². The Bertz CT molecular complexity index is 480. The van der Waals surface area contributed by atoms with E-state index >= 15 is 0 Å². The fourth-order valence-corrected chi connectivity index (χ4v) is 2.26. The van der Waals surface area contributed by atoms with Crippen LogP contribution < -0.4 is 5.43 Å². The average molecular weight is 262 g/mol. The number of amides is 1. The van der Waals surface area contributed by atoms with Gasteiger partial charge in [0.25, 0.3) is 5.91 Å². The molecular weight excluding hydrogens is 244 g/mol. The van der Waals surface area contributed by atoms with Crippen LogP contribution in [0.4, 0.5) is 0 Å². The Morgan fingerprint density at radius 1 is 1.26 bits per heavy atom. The van der Waals surface area contributed by atoms with E-state index in [0.29, 0.717) is 5.92 Å². The zero-order chi connectivity index (χ0) is 13.7. The quantitative estimate of drug-likeness (QED) is 0.578. The molecule has 0 aliphatic heterocycles. The average Bonchev–Trinajstić information content (AvgIpc) is 2.39. The third-order valence-electron chi connectivity index (χ3n) is 3.33. The summed E-state index contributed by atoms with van der Waals surface area (Å²) in [5, 5.41) is 22.6. The zero-order valence-corrected chi connectivity index (χ0v) is 10.7. The van der Waals surface area contributed by atoms with Gasteiger partial charge in [-0.05, 0) is 30.9 Å². The van der Waals surface area contributed by atoms with Gasteiger partial charge in [-0.3, -0.25) is 4.79 Å². The maximum Gasteiger partial charge on any atom is 0.275 e. The Balaban J connectivity index is 1.91. The molecule has 1 aromatic carbocycles. The number of nitrogens with zero attached hydrogens (tertiary/aromatic N) is 1. The summed E-state index contributed by atoms with van der Waals surface area (Å²) in [6.45, 7) is 0. The molecule has 1 aliphatic rings. The van der Waals surface area contributed by atoms with Gasteiger partial charge in [-0.2, -0.15) is 5.10 Å². The molecule has 2 rings (SSSR count). The number of phenolic OH excluding ortho intramolecular Hbond substituents is 2. The maximum absolute atomic E-state index is 11.8. The highest BCUT2D eigenvalue weighted by molar-refractivity contribution is 5.97. The Morgan fingerprint density at radius 2 is 2.00 bits per heavy atom. The molecule has 0 unspecified atom stereocenters. The van der Waals surface area contributed by atoms with Crippen LogP contribution in [-0.2, 0) is 0 Å². The van der Waals surface area contributed by atoms with E-state index in [0.717, 1.165) is 18.9 Å². The van der Waals surface area contributed by atoms with Gasteiger partial charge >= 0.3 is 0 Å². The summed E-state index contributed by atoms with van der Waals surface area (Å²) in [6.07, 6.45) is 7.70. The number of hydrazone groups is 1. The summed E-state index contributed by atoms with van der Waals surface area (Å²) in [5.41, 5.74) is 2.49. The molecule has 5 heteroatoms. The van der Waals surface area contributed by atoms with Crippen molar-refractivity contribution in [2.45, 2.75) is 32.1 Å². The van der Waals surface area contributed by atoms with Crippen molar-refractivity contribution in [3.8, 4) is 11.5 Å². The lowest BCUT2D eigenvalue weighted by Gasteiger charge is -2.16. The minimum Gasteiger partial charge on any atom is -0.508 e. The molecule has 0 heterocycles. The highest BCUT2D eigenvalue weighted by Gasteiger charge is 2.12. The first-order valence-corrected chi connectivity index (χ1v) is 6.52. The molecule has 1 fully saturated rings. The first-order chi connectivity index (χ1) is 9.16. The van der Waals surface area contributed by atoms with E-state index in [9.17, 15) is 9.90 Å². The van der Waals surface area contributed by atoms with E-state index < -0.39 is 5.91 Å². The van der Waals surface area contributed by atoms with Crippen LogP contribution in [0.15, 0.2) is 23.3 Å². The van der Waals surface area contributed by atoms with Gasteiger partial charge in [0.1, 0.15) is 11.5 Å². The lowest BCUT2D eigenvalue weighted by Crippen LogP contribution is -2.19. The summed E-state index contributed by atoms with van der Waals surface area (Å²) in [6, 6.07) is 3.83. The normalized spacial score (nSPS) is 16.6. The molecule has 0 aromatic heterocycles. The lowest BCUT2D eigenvalue weighted by atomic mass is 9.90. The Kier molecular flexibility index (Phi) is 4.39. The minimum absolute atomic E-state index is 0.0836. The van der Waals surface area contributed by atoms with Gasteiger partial charge in [-0.15, -0.1) is 0 Å². The summed E-state index contributed by atoms with van der Waals surface area (Å²) in [5.74, 6) is -0.392. The number of aromatic hydroxyl groups is 2. The molecule has 0 radical (unpaired) electrons. The summed E-state index contributed by atoms with van der Waals surface area (Å²) < 4.78 is 0. The topological polar surface area (TPSA) is 81.9 Å². The fraction of sp³-hybridized carbons (Fsp3) is 0.429. The monoisotopic (exact) mass is 262 g/mol. The molecule has 0 atom stereocenters. The van der Waals surface area contributed by atoms with Gasteiger partial charge in [0.05, 0.1) is 5.56 Å². The first kappa shape index (κ1) is 13.4. The van der Waals surface area contributed by atoms with E-state index in [1.807, 2.05) is 0 Å². The molecule has 0 saturated heterocycles. The second-order valence-corrected chi connectivity index (χ2v) is 4.82. The Hall–Kier alpha value is -2.04. The van der Waals surface area contributed by atoms with Crippen LogP contribution in [-0.4, -0.2) is 22.3 Å². The van der Waals surface area contributed by atoms with Gasteiger partial charge < -0.3 is 10.2 Å². The number of carbonyl (C=O) groups is 1. The number of hydrogen-bond acceptors (Lipinski definition) is 4. The lowest BCUT2D eigenvalue weighted by molar-refractivity contribution is 0.0952. The fourth-order valence-electron chi connectivity index (χ4n) is 2.26. The third kappa shape index (κ3) is 3.71. The summed E-state index contributed by atoms with van der Waals surface area (Å²) >= 11 is 0. The number of nitrogens with one attached hydrogen (secondary N) is 1. The van der Waals surface area contributed by atoms with E-state index in [1.54, 1.807) is 6.21 Å². The van der Waals surface area contributed by atoms with Crippen molar-refractivity contribution < 1.29 is 15.0 Å². The highest BCUT2D eigenvalue weighted by Crippen LogP contribution is 2.23. The Labute approximate surface area is 112 Å². The zero-order valence-electron chi connectivity index (χ0n) is 10.7. The molecular formula is C14H18N2O3. The second-order valence-electron chi connectivity index (χ2n) is 4.82. The first-order valence-electron chi connectivity index (χ1n) is 6.52. The maximum atomic E-state index is 11.8. The predicted octanol–water partition coefficient (Wildman–Crippen LogP) is 2.39. The second kappa shape index (κ2) is 6.22. The molecule has 1 aromatic rings. The molecule has 1 saturated carbocycles. The van der Waals surface area contributed by atoms with E-state index in [-0.39, 0.29) is 17.1 Å².